The molecule has 0 spiro atoms. The number of nitrogens with one attached hydrogen (secondary N) is 2. The number of carbonyl (C=O) groups excluding carboxylic acids is 1. The summed E-state index contributed by atoms with van der Waals surface area (Å²) in [5, 5.41) is 14.9. The molecular weight excluding hydrogens is 342 g/mol. The molecule has 2 rings (SSSR count). The highest BCUT2D eigenvalue weighted by Crippen LogP contribution is 2.18. The molecule has 8 heteroatoms. The molecule has 25 heavy (non-hydrogen) atoms. The van der Waals surface area contributed by atoms with Crippen molar-refractivity contribution in [2.75, 3.05) is 5.32 Å². The van der Waals surface area contributed by atoms with Gasteiger partial charge in [-0.05, 0) is 37.1 Å². The Morgan fingerprint density at radius 3 is 2.28 bits per heavy atom. The minimum absolute atomic E-state index is 0.0527. The van der Waals surface area contributed by atoms with Gasteiger partial charge in [0.05, 0.1) is 4.90 Å². The van der Waals surface area contributed by atoms with Gasteiger partial charge in [-0.1, -0.05) is 25.7 Å². The second kappa shape index (κ2) is 8.65. The Bertz CT molecular complexity index is 771. The van der Waals surface area contributed by atoms with E-state index >= 15 is 0 Å². The third-order valence-electron chi connectivity index (χ3n) is 4.09. The molecule has 1 aromatic carbocycles. The van der Waals surface area contributed by atoms with Gasteiger partial charge in [-0.3, -0.25) is 9.35 Å². The smallest absolute Gasteiger partial charge is 0.294 e. The van der Waals surface area contributed by atoms with Crippen LogP contribution in [0.2, 0.25) is 0 Å². The molecule has 1 aromatic rings. The molecule has 3 N–H and O–H groups in total. The van der Waals surface area contributed by atoms with Crippen molar-refractivity contribution < 1.29 is 17.8 Å². The fraction of sp³-hybridized carbons (Fsp3) is 0.412. The van der Waals surface area contributed by atoms with E-state index in [0.29, 0.717) is 5.69 Å². The average molecular weight is 363 g/mol. The fourth-order valence-electron chi connectivity index (χ4n) is 2.70. The predicted molar refractivity (Wildman–Crippen MR) is 93.2 cm³/mol. The first-order valence-corrected chi connectivity index (χ1v) is 9.59. The first kappa shape index (κ1) is 19.0. The van der Waals surface area contributed by atoms with Crippen molar-refractivity contribution in [3.8, 4) is 6.07 Å². The molecular formula is C17H21N3O4S. The van der Waals surface area contributed by atoms with Crippen LogP contribution in [0.1, 0.15) is 38.5 Å². The first-order valence-electron chi connectivity index (χ1n) is 8.15. The van der Waals surface area contributed by atoms with Crippen molar-refractivity contribution in [2.24, 2.45) is 0 Å². The lowest BCUT2D eigenvalue weighted by molar-refractivity contribution is -0.112. The van der Waals surface area contributed by atoms with Crippen molar-refractivity contribution in [1.82, 2.24) is 5.32 Å². The number of benzene rings is 1. The lowest BCUT2D eigenvalue weighted by atomic mass is 10.1. The van der Waals surface area contributed by atoms with Gasteiger partial charge in [0.15, 0.2) is 0 Å². The normalized spacial score (nSPS) is 16.6. The molecule has 0 aliphatic heterocycles. The van der Waals surface area contributed by atoms with E-state index in [2.05, 4.69) is 10.6 Å². The molecule has 1 aliphatic carbocycles. The van der Waals surface area contributed by atoms with Crippen molar-refractivity contribution in [2.45, 2.75) is 49.5 Å². The number of rotatable bonds is 5. The third-order valence-corrected chi connectivity index (χ3v) is 4.96. The Morgan fingerprint density at radius 2 is 1.76 bits per heavy atom. The quantitative estimate of drug-likeness (QED) is 0.320. The molecule has 134 valence electrons. The molecule has 1 amide bonds. The molecule has 0 atom stereocenters. The summed E-state index contributed by atoms with van der Waals surface area (Å²) in [5.74, 6) is -0.580. The zero-order valence-corrected chi connectivity index (χ0v) is 14.6. The number of amides is 1. The van der Waals surface area contributed by atoms with Gasteiger partial charge in [0, 0.05) is 17.9 Å². The summed E-state index contributed by atoms with van der Waals surface area (Å²) < 4.78 is 30.9. The van der Waals surface area contributed by atoms with Crippen LogP contribution in [0, 0.1) is 11.3 Å². The van der Waals surface area contributed by atoms with Crippen LogP contribution in [0.25, 0.3) is 0 Å². The van der Waals surface area contributed by atoms with Crippen molar-refractivity contribution in [1.29, 1.82) is 5.26 Å². The maximum atomic E-state index is 12.2. The van der Waals surface area contributed by atoms with Gasteiger partial charge in [0.1, 0.15) is 11.6 Å². The molecule has 0 aromatic heterocycles. The van der Waals surface area contributed by atoms with E-state index < -0.39 is 16.0 Å². The van der Waals surface area contributed by atoms with Crippen LogP contribution in [0.3, 0.4) is 0 Å². The van der Waals surface area contributed by atoms with E-state index in [9.17, 15) is 18.5 Å². The van der Waals surface area contributed by atoms with Crippen LogP contribution in [0.5, 0.6) is 0 Å². The summed E-state index contributed by atoms with van der Waals surface area (Å²) in [6.07, 6.45) is 8.19. The van der Waals surface area contributed by atoms with Gasteiger partial charge in [-0.15, -0.1) is 0 Å². The van der Waals surface area contributed by atoms with E-state index in [-0.39, 0.29) is 16.5 Å². The minimum atomic E-state index is -4.28. The lowest BCUT2D eigenvalue weighted by Crippen LogP contribution is -2.25. The molecule has 0 saturated heterocycles. The number of nitrogens with zero attached hydrogens (tertiary/aromatic N) is 1. The summed E-state index contributed by atoms with van der Waals surface area (Å²) in [4.78, 5) is 11.9. The molecule has 1 fully saturated rings. The Hall–Kier alpha value is -2.37. The monoisotopic (exact) mass is 363 g/mol. The molecule has 0 bridgehead atoms. The maximum Gasteiger partial charge on any atom is 0.294 e. The van der Waals surface area contributed by atoms with E-state index in [1.165, 1.54) is 43.3 Å². The average Bonchev–Trinajstić information content (AvgIpc) is 2.84. The summed E-state index contributed by atoms with van der Waals surface area (Å²) >= 11 is 0. The minimum Gasteiger partial charge on any atom is -0.387 e. The molecule has 1 aliphatic rings. The summed E-state index contributed by atoms with van der Waals surface area (Å²) in [6, 6.07) is 7.16. The third kappa shape index (κ3) is 5.89. The Balaban J connectivity index is 1.99. The zero-order chi connectivity index (χ0) is 18.3. The van der Waals surface area contributed by atoms with E-state index in [1.807, 2.05) is 6.07 Å². The zero-order valence-electron chi connectivity index (χ0n) is 13.7. The van der Waals surface area contributed by atoms with Gasteiger partial charge in [-0.25, -0.2) is 0 Å². The second-order valence-electron chi connectivity index (χ2n) is 5.98. The molecule has 0 unspecified atom stereocenters. The Kier molecular flexibility index (Phi) is 6.56. The second-order valence-corrected chi connectivity index (χ2v) is 7.40. The molecule has 0 heterocycles. The van der Waals surface area contributed by atoms with Crippen LogP contribution < -0.4 is 10.6 Å². The topological polar surface area (TPSA) is 119 Å². The van der Waals surface area contributed by atoms with Crippen molar-refractivity contribution in [3.63, 3.8) is 0 Å². The summed E-state index contributed by atoms with van der Waals surface area (Å²) in [7, 11) is -4.28. The molecule has 7 nitrogen and oxygen atoms in total. The van der Waals surface area contributed by atoms with Crippen LogP contribution in [0.4, 0.5) is 5.69 Å². The van der Waals surface area contributed by atoms with Gasteiger partial charge in [0.25, 0.3) is 16.0 Å². The number of hydrogen-bond acceptors (Lipinski definition) is 5. The molecule has 0 radical (unpaired) electrons. The van der Waals surface area contributed by atoms with Gasteiger partial charge >= 0.3 is 0 Å². The van der Waals surface area contributed by atoms with Crippen molar-refractivity contribution >= 4 is 21.7 Å². The standard InChI is InChI=1S/C17H21N3O4S/c18-11-13(12-19-14-5-3-1-2-4-6-14)17(21)20-15-7-9-16(10-8-15)25(22,23)24/h7-10,12,14,19H,1-6H2,(H,20,21)(H,22,23,24)/b13-12-. The lowest BCUT2D eigenvalue weighted by Gasteiger charge is -2.14. The van der Waals surface area contributed by atoms with Crippen LogP contribution >= 0.6 is 0 Å². The van der Waals surface area contributed by atoms with Crippen LogP contribution in [-0.4, -0.2) is 24.9 Å². The molecule has 1 saturated carbocycles. The Morgan fingerprint density at radius 1 is 1.16 bits per heavy atom. The largest absolute Gasteiger partial charge is 0.387 e. The van der Waals surface area contributed by atoms with Gasteiger partial charge in [0.2, 0.25) is 0 Å². The SMILES string of the molecule is N#C/C(=C/NC1CCCCCC1)C(=O)Nc1ccc(S(=O)(=O)O)cc1. The number of anilines is 1. The van der Waals surface area contributed by atoms with Crippen LogP contribution in [-0.2, 0) is 14.9 Å². The summed E-state index contributed by atoms with van der Waals surface area (Å²) in [5.41, 5.74) is 0.274. The summed E-state index contributed by atoms with van der Waals surface area (Å²) in [6.45, 7) is 0. The number of carbonyl (C=O) groups is 1. The highest BCUT2D eigenvalue weighted by molar-refractivity contribution is 7.85. The number of nitriles is 1. The van der Waals surface area contributed by atoms with E-state index in [1.54, 1.807) is 0 Å². The van der Waals surface area contributed by atoms with Crippen molar-refractivity contribution in [3.05, 3.63) is 36.0 Å². The number of hydrogen-bond donors (Lipinski definition) is 3. The maximum absolute atomic E-state index is 12.2. The van der Waals surface area contributed by atoms with E-state index in [0.717, 1.165) is 25.7 Å². The Labute approximate surface area is 147 Å². The predicted octanol–water partition coefficient (Wildman–Crippen LogP) is 2.59. The highest BCUT2D eigenvalue weighted by atomic mass is 32.2. The first-order chi connectivity index (χ1) is 11.9. The fourth-order valence-corrected chi connectivity index (χ4v) is 3.18. The van der Waals surface area contributed by atoms with Gasteiger partial charge < -0.3 is 10.6 Å². The van der Waals surface area contributed by atoms with E-state index in [4.69, 9.17) is 4.55 Å². The van der Waals surface area contributed by atoms with Gasteiger partial charge in [-0.2, -0.15) is 13.7 Å². The van der Waals surface area contributed by atoms with Crippen LogP contribution in [0.15, 0.2) is 40.9 Å². The highest BCUT2D eigenvalue weighted by Gasteiger charge is 2.14.